The number of aryl methyl sites for hydroxylation is 1. The summed E-state index contributed by atoms with van der Waals surface area (Å²) < 4.78 is 18.4. The predicted octanol–water partition coefficient (Wildman–Crippen LogP) is 3.95. The minimum absolute atomic E-state index is 0.202. The fourth-order valence-corrected chi connectivity index (χ4v) is 1.97. The van der Waals surface area contributed by atoms with Crippen molar-refractivity contribution >= 4 is 28.7 Å². The van der Waals surface area contributed by atoms with Gasteiger partial charge in [0.2, 0.25) is 0 Å². The van der Waals surface area contributed by atoms with Crippen molar-refractivity contribution in [2.24, 2.45) is 0 Å². The third kappa shape index (κ3) is 3.45. The van der Waals surface area contributed by atoms with Gasteiger partial charge >= 0.3 is 0 Å². The molecule has 2 aromatic carbocycles. The molecule has 2 aromatic rings. The maximum atomic E-state index is 13.6. The number of rotatable bonds is 3. The molecule has 0 bridgehead atoms. The van der Waals surface area contributed by atoms with Crippen LogP contribution in [0.15, 0.2) is 42.5 Å². The quantitative estimate of drug-likeness (QED) is 0.839. The SMILES string of the molecule is COc1ccc(NC(=S)Nc2ccccc2C)cc1F. The van der Waals surface area contributed by atoms with E-state index >= 15 is 0 Å². The van der Waals surface area contributed by atoms with E-state index in [9.17, 15) is 4.39 Å². The number of para-hydroxylation sites is 1. The van der Waals surface area contributed by atoms with Crippen molar-refractivity contribution in [1.29, 1.82) is 0 Å². The molecule has 0 atom stereocenters. The average molecular weight is 290 g/mol. The number of hydrogen-bond acceptors (Lipinski definition) is 2. The van der Waals surface area contributed by atoms with Crippen molar-refractivity contribution in [1.82, 2.24) is 0 Å². The van der Waals surface area contributed by atoms with E-state index in [0.717, 1.165) is 11.3 Å². The second kappa shape index (κ2) is 6.34. The fraction of sp³-hybridized carbons (Fsp3) is 0.133. The fourth-order valence-electron chi connectivity index (χ4n) is 1.74. The molecule has 0 aliphatic rings. The molecule has 0 aromatic heterocycles. The van der Waals surface area contributed by atoms with Crippen molar-refractivity contribution in [2.75, 3.05) is 17.7 Å². The maximum Gasteiger partial charge on any atom is 0.175 e. The molecule has 2 N–H and O–H groups in total. The maximum absolute atomic E-state index is 13.6. The summed E-state index contributed by atoms with van der Waals surface area (Å²) in [6.45, 7) is 1.98. The molecular weight excluding hydrogens is 275 g/mol. The van der Waals surface area contributed by atoms with Crippen LogP contribution in [0.25, 0.3) is 0 Å². The third-order valence-corrected chi connectivity index (χ3v) is 3.01. The van der Waals surface area contributed by atoms with Crippen LogP contribution in [0.2, 0.25) is 0 Å². The number of benzene rings is 2. The van der Waals surface area contributed by atoms with Gasteiger partial charge in [-0.25, -0.2) is 4.39 Å². The van der Waals surface area contributed by atoms with Crippen LogP contribution < -0.4 is 15.4 Å². The Balaban J connectivity index is 2.05. The van der Waals surface area contributed by atoms with Gasteiger partial charge < -0.3 is 15.4 Å². The van der Waals surface area contributed by atoms with Crippen molar-refractivity contribution in [3.05, 3.63) is 53.8 Å². The lowest BCUT2D eigenvalue weighted by molar-refractivity contribution is 0.387. The molecule has 0 amide bonds. The topological polar surface area (TPSA) is 33.3 Å². The van der Waals surface area contributed by atoms with E-state index < -0.39 is 5.82 Å². The Kier molecular flexibility index (Phi) is 4.53. The summed E-state index contributed by atoms with van der Waals surface area (Å²) >= 11 is 5.21. The first-order chi connectivity index (χ1) is 9.60. The van der Waals surface area contributed by atoms with Gasteiger partial charge in [0.25, 0.3) is 0 Å². The molecule has 5 heteroatoms. The van der Waals surface area contributed by atoms with Crippen LogP contribution in [0.5, 0.6) is 5.75 Å². The van der Waals surface area contributed by atoms with Crippen molar-refractivity contribution in [3.8, 4) is 5.75 Å². The van der Waals surface area contributed by atoms with Gasteiger partial charge in [0.05, 0.1) is 7.11 Å². The second-order valence-corrected chi connectivity index (χ2v) is 4.65. The molecule has 0 saturated heterocycles. The highest BCUT2D eigenvalue weighted by Crippen LogP contribution is 2.21. The van der Waals surface area contributed by atoms with Crippen LogP contribution in [-0.2, 0) is 0 Å². The normalized spacial score (nSPS) is 9.95. The van der Waals surface area contributed by atoms with Gasteiger partial charge in [0.15, 0.2) is 16.7 Å². The van der Waals surface area contributed by atoms with Gasteiger partial charge in [-0.3, -0.25) is 0 Å². The molecule has 3 nitrogen and oxygen atoms in total. The van der Waals surface area contributed by atoms with E-state index in [1.54, 1.807) is 12.1 Å². The number of methoxy groups -OCH3 is 1. The number of anilines is 2. The zero-order valence-corrected chi connectivity index (χ0v) is 12.1. The molecule has 0 radical (unpaired) electrons. The van der Waals surface area contributed by atoms with Gasteiger partial charge in [-0.1, -0.05) is 18.2 Å². The predicted molar refractivity (Wildman–Crippen MR) is 84.0 cm³/mol. The lowest BCUT2D eigenvalue weighted by Gasteiger charge is -2.13. The Hall–Kier alpha value is -2.14. The molecule has 0 spiro atoms. The summed E-state index contributed by atoms with van der Waals surface area (Å²) in [5.41, 5.74) is 2.56. The number of nitrogens with one attached hydrogen (secondary N) is 2. The highest BCUT2D eigenvalue weighted by molar-refractivity contribution is 7.80. The standard InChI is InChI=1S/C15H15FN2OS/c1-10-5-3-4-6-13(10)18-15(20)17-11-7-8-14(19-2)12(16)9-11/h3-9H,1-2H3,(H2,17,18,20). The highest BCUT2D eigenvalue weighted by atomic mass is 32.1. The van der Waals surface area contributed by atoms with Crippen LogP contribution >= 0.6 is 12.2 Å². The lowest BCUT2D eigenvalue weighted by Crippen LogP contribution is -2.19. The van der Waals surface area contributed by atoms with Crippen molar-refractivity contribution < 1.29 is 9.13 Å². The Morgan fingerprint density at radius 3 is 2.55 bits per heavy atom. The number of hydrogen-bond donors (Lipinski definition) is 2. The van der Waals surface area contributed by atoms with Crippen LogP contribution in [0.1, 0.15) is 5.56 Å². The monoisotopic (exact) mass is 290 g/mol. The summed E-state index contributed by atoms with van der Waals surface area (Å²) in [6.07, 6.45) is 0. The minimum atomic E-state index is -0.434. The van der Waals surface area contributed by atoms with Gasteiger partial charge in [0, 0.05) is 17.4 Å². The van der Waals surface area contributed by atoms with E-state index in [0.29, 0.717) is 10.8 Å². The molecule has 0 unspecified atom stereocenters. The first-order valence-electron chi connectivity index (χ1n) is 6.07. The molecule has 0 heterocycles. The second-order valence-electron chi connectivity index (χ2n) is 4.24. The average Bonchev–Trinajstić information content (AvgIpc) is 2.41. The summed E-state index contributed by atoms with van der Waals surface area (Å²) in [7, 11) is 1.43. The number of ether oxygens (including phenoxy) is 1. The van der Waals surface area contributed by atoms with Gasteiger partial charge in [-0.2, -0.15) is 0 Å². The Morgan fingerprint density at radius 2 is 1.90 bits per heavy atom. The van der Waals surface area contributed by atoms with Crippen LogP contribution in [0.3, 0.4) is 0 Å². The molecule has 20 heavy (non-hydrogen) atoms. The zero-order valence-electron chi connectivity index (χ0n) is 11.2. The Bertz CT molecular complexity index is 631. The summed E-state index contributed by atoms with van der Waals surface area (Å²) in [5, 5.41) is 6.41. The van der Waals surface area contributed by atoms with Crippen molar-refractivity contribution in [2.45, 2.75) is 6.92 Å². The first-order valence-corrected chi connectivity index (χ1v) is 6.48. The van der Waals surface area contributed by atoms with Crippen LogP contribution in [0, 0.1) is 12.7 Å². The number of thiocarbonyl (C=S) groups is 1. The van der Waals surface area contributed by atoms with E-state index in [2.05, 4.69) is 10.6 Å². The summed E-state index contributed by atoms with van der Waals surface area (Å²) in [4.78, 5) is 0. The molecule has 0 saturated carbocycles. The molecule has 2 rings (SSSR count). The third-order valence-electron chi connectivity index (χ3n) is 2.80. The van der Waals surface area contributed by atoms with E-state index in [-0.39, 0.29) is 5.75 Å². The Labute approximate surface area is 122 Å². The van der Waals surface area contributed by atoms with Crippen LogP contribution in [-0.4, -0.2) is 12.2 Å². The number of halogens is 1. The summed E-state index contributed by atoms with van der Waals surface area (Å²) in [5.74, 6) is -0.232. The van der Waals surface area contributed by atoms with E-state index in [1.165, 1.54) is 13.2 Å². The Morgan fingerprint density at radius 1 is 1.15 bits per heavy atom. The van der Waals surface area contributed by atoms with E-state index in [1.807, 2.05) is 31.2 Å². The largest absolute Gasteiger partial charge is 0.494 e. The first kappa shape index (κ1) is 14.3. The molecule has 0 fully saturated rings. The van der Waals surface area contributed by atoms with Crippen molar-refractivity contribution in [3.63, 3.8) is 0 Å². The minimum Gasteiger partial charge on any atom is -0.494 e. The molecule has 0 aliphatic carbocycles. The zero-order chi connectivity index (χ0) is 14.5. The van der Waals surface area contributed by atoms with Gasteiger partial charge in [-0.15, -0.1) is 0 Å². The van der Waals surface area contributed by atoms with Gasteiger partial charge in [0.1, 0.15) is 0 Å². The van der Waals surface area contributed by atoms with E-state index in [4.69, 9.17) is 17.0 Å². The molecular formula is C15H15FN2OS. The summed E-state index contributed by atoms with van der Waals surface area (Å²) in [6, 6.07) is 12.4. The smallest absolute Gasteiger partial charge is 0.175 e. The lowest BCUT2D eigenvalue weighted by atomic mass is 10.2. The molecule has 104 valence electrons. The molecule has 0 aliphatic heterocycles. The van der Waals surface area contributed by atoms with Gasteiger partial charge in [-0.05, 0) is 42.9 Å². The highest BCUT2D eigenvalue weighted by Gasteiger charge is 2.05. The van der Waals surface area contributed by atoms with Crippen LogP contribution in [0.4, 0.5) is 15.8 Å².